The van der Waals surface area contributed by atoms with Crippen LogP contribution in [0.1, 0.15) is 63.8 Å². The Balaban J connectivity index is 1.83. The third kappa shape index (κ3) is 7.45. The van der Waals surface area contributed by atoms with Crippen molar-refractivity contribution in [3.63, 3.8) is 0 Å². The Morgan fingerprint density at radius 1 is 1.10 bits per heavy atom. The Bertz CT molecular complexity index is 819. The quantitative estimate of drug-likeness (QED) is 0.263. The molecule has 0 spiro atoms. The average molecular weight is 415 g/mol. The second-order valence-electron chi connectivity index (χ2n) is 7.44. The smallest absolute Gasteiger partial charge is 0.167 e. The lowest BCUT2D eigenvalue weighted by atomic mass is 10.0. The van der Waals surface area contributed by atoms with Crippen molar-refractivity contribution in [3.8, 4) is 11.1 Å². The minimum absolute atomic E-state index is 0.156. The van der Waals surface area contributed by atoms with Crippen molar-refractivity contribution in [2.75, 3.05) is 6.61 Å². The van der Waals surface area contributed by atoms with Gasteiger partial charge in [0.1, 0.15) is 0 Å². The van der Waals surface area contributed by atoms with Crippen LogP contribution in [0.5, 0.6) is 0 Å². The predicted octanol–water partition coefficient (Wildman–Crippen LogP) is 6.93. The van der Waals surface area contributed by atoms with Crippen molar-refractivity contribution in [1.82, 2.24) is 9.97 Å². The summed E-state index contributed by atoms with van der Waals surface area (Å²) < 4.78 is 34.3. The molecule has 1 atom stereocenters. The van der Waals surface area contributed by atoms with Crippen LogP contribution in [0.2, 0.25) is 0 Å². The molecule has 30 heavy (non-hydrogen) atoms. The van der Waals surface area contributed by atoms with E-state index in [1.807, 2.05) is 12.2 Å². The van der Waals surface area contributed by atoms with Gasteiger partial charge >= 0.3 is 0 Å². The maximum Gasteiger partial charge on any atom is 0.167 e. The number of ether oxygens (including phenoxy) is 1. The molecule has 1 aromatic heterocycles. The van der Waals surface area contributed by atoms with E-state index in [2.05, 4.69) is 30.4 Å². The summed E-state index contributed by atoms with van der Waals surface area (Å²) in [4.78, 5) is 8.49. The number of hydrogen-bond acceptors (Lipinski definition) is 3. The zero-order chi connectivity index (χ0) is 21.8. The highest BCUT2D eigenvalue weighted by Crippen LogP contribution is 2.26. The summed E-state index contributed by atoms with van der Waals surface area (Å²) in [6.45, 7) is 8.70. The molecule has 2 aromatic rings. The van der Waals surface area contributed by atoms with Crippen LogP contribution in [0.15, 0.2) is 43.3 Å². The lowest BCUT2D eigenvalue weighted by Crippen LogP contribution is -2.08. The van der Waals surface area contributed by atoms with Gasteiger partial charge in [-0.2, -0.15) is 0 Å². The minimum atomic E-state index is -0.882. The van der Waals surface area contributed by atoms with Gasteiger partial charge < -0.3 is 4.74 Å². The maximum atomic E-state index is 14.4. The molecule has 1 heterocycles. The van der Waals surface area contributed by atoms with Gasteiger partial charge in [0.2, 0.25) is 0 Å². The molecule has 0 amide bonds. The molecule has 0 bridgehead atoms. The second kappa shape index (κ2) is 13.0. The van der Waals surface area contributed by atoms with E-state index in [0.717, 1.165) is 32.3 Å². The molecular weight excluding hydrogens is 382 g/mol. The van der Waals surface area contributed by atoms with Gasteiger partial charge in [-0.3, -0.25) is 0 Å². The van der Waals surface area contributed by atoms with Gasteiger partial charge in [-0.05, 0) is 50.7 Å². The molecule has 0 N–H and O–H groups in total. The molecule has 162 valence electrons. The third-order valence-corrected chi connectivity index (χ3v) is 4.91. The van der Waals surface area contributed by atoms with Crippen LogP contribution in [-0.4, -0.2) is 22.7 Å². The molecule has 1 aromatic carbocycles. The zero-order valence-corrected chi connectivity index (χ0v) is 18.0. The first-order valence-electron chi connectivity index (χ1n) is 10.7. The number of benzene rings is 1. The van der Waals surface area contributed by atoms with Crippen LogP contribution in [-0.2, 0) is 11.2 Å². The van der Waals surface area contributed by atoms with Gasteiger partial charge in [-0.15, -0.1) is 6.58 Å². The first-order valence-corrected chi connectivity index (χ1v) is 10.7. The molecule has 0 aliphatic heterocycles. The summed E-state index contributed by atoms with van der Waals surface area (Å²) in [7, 11) is 0. The van der Waals surface area contributed by atoms with Gasteiger partial charge in [0.15, 0.2) is 17.5 Å². The van der Waals surface area contributed by atoms with Crippen LogP contribution in [0.4, 0.5) is 8.78 Å². The molecule has 5 heteroatoms. The van der Waals surface area contributed by atoms with E-state index in [-0.39, 0.29) is 23.7 Å². The first kappa shape index (κ1) is 23.9. The summed E-state index contributed by atoms with van der Waals surface area (Å²) in [6.07, 6.45) is 15.5. The summed E-state index contributed by atoms with van der Waals surface area (Å²) in [6, 6.07) is 3.12. The van der Waals surface area contributed by atoms with E-state index in [9.17, 15) is 8.78 Å². The highest BCUT2D eigenvalue weighted by atomic mass is 19.2. The number of nitrogens with zero attached hydrogens (tertiary/aromatic N) is 2. The van der Waals surface area contributed by atoms with Crippen molar-refractivity contribution in [3.05, 3.63) is 66.3 Å². The monoisotopic (exact) mass is 414 g/mol. The summed E-state index contributed by atoms with van der Waals surface area (Å²) in [5.74, 6) is -1.18. The SMILES string of the molecule is C=CCc1ccc(-c2cnc(/C=C/CCCC(C)OCCCCC)nc2)c(F)c1F. The standard InChI is InChI=1S/C25H32F2N2O/c1-4-6-10-16-30-19(3)12-8-7-9-13-23-28-17-21(18-29-23)22-15-14-20(11-5-2)24(26)25(22)27/h5,9,13-15,17-19H,2,4,6-8,10-12,16H2,1,3H3/b13-9+. The number of unbranched alkanes of at least 4 members (excludes halogenated alkanes) is 3. The molecule has 3 nitrogen and oxygen atoms in total. The third-order valence-electron chi connectivity index (χ3n) is 4.91. The molecule has 2 rings (SSSR count). The van der Waals surface area contributed by atoms with E-state index in [4.69, 9.17) is 4.74 Å². The number of halogens is 2. The number of rotatable bonds is 13. The van der Waals surface area contributed by atoms with Crippen LogP contribution < -0.4 is 0 Å². The minimum Gasteiger partial charge on any atom is -0.379 e. The summed E-state index contributed by atoms with van der Waals surface area (Å²) in [5, 5.41) is 0. The molecule has 0 saturated heterocycles. The zero-order valence-electron chi connectivity index (χ0n) is 18.0. The fourth-order valence-electron chi connectivity index (χ4n) is 3.12. The van der Waals surface area contributed by atoms with Crippen LogP contribution in [0.3, 0.4) is 0 Å². The molecule has 0 saturated carbocycles. The molecule has 0 radical (unpaired) electrons. The highest BCUT2D eigenvalue weighted by Gasteiger charge is 2.14. The van der Waals surface area contributed by atoms with E-state index in [1.165, 1.54) is 25.2 Å². The molecule has 0 aliphatic rings. The van der Waals surface area contributed by atoms with Gasteiger partial charge in [-0.1, -0.05) is 44.1 Å². The Labute approximate surface area is 178 Å². The molecule has 0 fully saturated rings. The van der Waals surface area contributed by atoms with Crippen molar-refractivity contribution in [1.29, 1.82) is 0 Å². The van der Waals surface area contributed by atoms with Crippen LogP contribution in [0.25, 0.3) is 17.2 Å². The fourth-order valence-corrected chi connectivity index (χ4v) is 3.12. The Kier molecular flexibility index (Phi) is 10.4. The summed E-state index contributed by atoms with van der Waals surface area (Å²) >= 11 is 0. The Morgan fingerprint density at radius 2 is 1.87 bits per heavy atom. The summed E-state index contributed by atoms with van der Waals surface area (Å²) in [5.41, 5.74) is 0.888. The van der Waals surface area contributed by atoms with E-state index in [1.54, 1.807) is 18.2 Å². The predicted molar refractivity (Wildman–Crippen MR) is 119 cm³/mol. The van der Waals surface area contributed by atoms with Crippen molar-refractivity contribution in [2.45, 2.75) is 64.9 Å². The van der Waals surface area contributed by atoms with Gasteiger partial charge in [0, 0.05) is 30.1 Å². The van der Waals surface area contributed by atoms with Gasteiger partial charge in [-0.25, -0.2) is 18.7 Å². The van der Waals surface area contributed by atoms with Crippen LogP contribution >= 0.6 is 0 Å². The largest absolute Gasteiger partial charge is 0.379 e. The van der Waals surface area contributed by atoms with E-state index in [0.29, 0.717) is 11.4 Å². The Morgan fingerprint density at radius 3 is 2.57 bits per heavy atom. The maximum absolute atomic E-state index is 14.4. The molecule has 1 unspecified atom stereocenters. The van der Waals surface area contributed by atoms with E-state index >= 15 is 0 Å². The number of hydrogen-bond donors (Lipinski definition) is 0. The Hall–Kier alpha value is -2.40. The van der Waals surface area contributed by atoms with E-state index < -0.39 is 11.6 Å². The fraction of sp³-hybridized carbons (Fsp3) is 0.440. The lowest BCUT2D eigenvalue weighted by molar-refractivity contribution is 0.0566. The second-order valence-corrected chi connectivity index (χ2v) is 7.44. The average Bonchev–Trinajstić information content (AvgIpc) is 2.75. The first-order chi connectivity index (χ1) is 14.6. The van der Waals surface area contributed by atoms with Crippen molar-refractivity contribution < 1.29 is 13.5 Å². The molecular formula is C25H32F2N2O. The van der Waals surface area contributed by atoms with Crippen molar-refractivity contribution >= 4 is 6.08 Å². The number of allylic oxidation sites excluding steroid dienone is 2. The number of aromatic nitrogens is 2. The van der Waals surface area contributed by atoms with Crippen LogP contribution in [0, 0.1) is 11.6 Å². The normalized spacial score (nSPS) is 12.4. The highest BCUT2D eigenvalue weighted by molar-refractivity contribution is 5.63. The molecule has 0 aliphatic carbocycles. The van der Waals surface area contributed by atoms with Gasteiger partial charge in [0.25, 0.3) is 0 Å². The lowest BCUT2D eigenvalue weighted by Gasteiger charge is -2.11. The van der Waals surface area contributed by atoms with Crippen molar-refractivity contribution in [2.24, 2.45) is 0 Å². The topological polar surface area (TPSA) is 35.0 Å². The van der Waals surface area contributed by atoms with Gasteiger partial charge in [0.05, 0.1) is 6.10 Å².